The fraction of sp³-hybridized carbons (Fsp3) is 0.562. The molecule has 1 fully saturated rings. The number of anilines is 1. The van der Waals surface area contributed by atoms with Crippen LogP contribution in [-0.4, -0.2) is 11.0 Å². The smallest absolute Gasteiger partial charge is 0.198 e. The van der Waals surface area contributed by atoms with Gasteiger partial charge in [0.15, 0.2) is 11.5 Å². The van der Waals surface area contributed by atoms with Gasteiger partial charge >= 0.3 is 0 Å². The van der Waals surface area contributed by atoms with Crippen molar-refractivity contribution in [1.82, 2.24) is 4.98 Å². The van der Waals surface area contributed by atoms with Gasteiger partial charge in [0.1, 0.15) is 5.52 Å². The van der Waals surface area contributed by atoms with Gasteiger partial charge in [-0.25, -0.2) is 4.98 Å². The Hall–Kier alpha value is -1.51. The van der Waals surface area contributed by atoms with Crippen LogP contribution in [0, 0.1) is 5.92 Å². The molecule has 0 bridgehead atoms. The molecule has 3 heteroatoms. The van der Waals surface area contributed by atoms with E-state index in [9.17, 15) is 0 Å². The Kier molecular flexibility index (Phi) is 3.21. The zero-order valence-corrected chi connectivity index (χ0v) is 11.9. The quantitative estimate of drug-likeness (QED) is 0.854. The van der Waals surface area contributed by atoms with Gasteiger partial charge in [-0.1, -0.05) is 20.8 Å². The number of rotatable bonds is 5. The average molecular weight is 258 g/mol. The average Bonchev–Trinajstić information content (AvgIpc) is 3.14. The lowest BCUT2D eigenvalue weighted by molar-refractivity contribution is 0.501. The molecular weight excluding hydrogens is 236 g/mol. The minimum atomic E-state index is 0.332. The van der Waals surface area contributed by atoms with Gasteiger partial charge in [0.2, 0.25) is 0 Å². The third kappa shape index (κ3) is 2.60. The van der Waals surface area contributed by atoms with Crippen molar-refractivity contribution in [3.8, 4) is 0 Å². The standard InChI is InChI=1S/C16H22N2O/c1-4-13(11-5-6-11)17-12-7-8-15-14(9-12)18-16(19-15)10(2)3/h7-11,13,17H,4-6H2,1-3H3. The van der Waals surface area contributed by atoms with E-state index in [1.807, 2.05) is 6.07 Å². The minimum Gasteiger partial charge on any atom is -0.440 e. The van der Waals surface area contributed by atoms with Crippen molar-refractivity contribution in [3.63, 3.8) is 0 Å². The fourth-order valence-corrected chi connectivity index (χ4v) is 2.55. The van der Waals surface area contributed by atoms with Gasteiger partial charge in [-0.15, -0.1) is 0 Å². The van der Waals surface area contributed by atoms with Gasteiger partial charge < -0.3 is 9.73 Å². The van der Waals surface area contributed by atoms with Crippen molar-refractivity contribution in [2.24, 2.45) is 5.92 Å². The van der Waals surface area contributed by atoms with Crippen LogP contribution in [0.1, 0.15) is 51.8 Å². The highest BCUT2D eigenvalue weighted by atomic mass is 16.3. The molecule has 1 aliphatic carbocycles. The lowest BCUT2D eigenvalue weighted by Crippen LogP contribution is -2.20. The molecule has 0 aliphatic heterocycles. The van der Waals surface area contributed by atoms with E-state index in [0.717, 1.165) is 28.6 Å². The van der Waals surface area contributed by atoms with E-state index in [-0.39, 0.29) is 0 Å². The van der Waals surface area contributed by atoms with Crippen LogP contribution in [0.4, 0.5) is 5.69 Å². The normalized spacial score (nSPS) is 17.1. The maximum atomic E-state index is 5.74. The van der Waals surface area contributed by atoms with Gasteiger partial charge in [-0.3, -0.25) is 0 Å². The molecule has 1 aliphatic rings. The second kappa shape index (κ2) is 4.87. The Morgan fingerprint density at radius 2 is 2.16 bits per heavy atom. The number of benzene rings is 1. The molecule has 3 rings (SSSR count). The molecule has 1 atom stereocenters. The Morgan fingerprint density at radius 1 is 1.37 bits per heavy atom. The summed E-state index contributed by atoms with van der Waals surface area (Å²) in [4.78, 5) is 4.56. The molecular formula is C16H22N2O. The van der Waals surface area contributed by atoms with Crippen LogP contribution >= 0.6 is 0 Å². The van der Waals surface area contributed by atoms with Crippen LogP contribution in [0.25, 0.3) is 11.1 Å². The number of nitrogens with zero attached hydrogens (tertiary/aromatic N) is 1. The first kappa shape index (κ1) is 12.5. The molecule has 0 amide bonds. The van der Waals surface area contributed by atoms with Crippen molar-refractivity contribution in [2.45, 2.75) is 52.0 Å². The second-order valence-electron chi connectivity index (χ2n) is 5.89. The molecule has 2 aromatic rings. The highest BCUT2D eigenvalue weighted by molar-refractivity contribution is 5.77. The molecule has 3 nitrogen and oxygen atoms in total. The number of oxazole rings is 1. The van der Waals surface area contributed by atoms with Crippen molar-refractivity contribution >= 4 is 16.8 Å². The second-order valence-corrected chi connectivity index (χ2v) is 5.89. The Balaban J connectivity index is 1.84. The van der Waals surface area contributed by atoms with Gasteiger partial charge in [0.05, 0.1) is 0 Å². The zero-order chi connectivity index (χ0) is 13.4. The number of fused-ring (bicyclic) bond motifs is 1. The molecule has 0 radical (unpaired) electrons. The van der Waals surface area contributed by atoms with E-state index in [1.54, 1.807) is 0 Å². The molecule has 1 aromatic carbocycles. The number of aromatic nitrogens is 1. The predicted molar refractivity (Wildman–Crippen MR) is 78.5 cm³/mol. The van der Waals surface area contributed by atoms with Crippen molar-refractivity contribution in [3.05, 3.63) is 24.1 Å². The fourth-order valence-electron chi connectivity index (χ4n) is 2.55. The maximum absolute atomic E-state index is 5.74. The molecule has 19 heavy (non-hydrogen) atoms. The van der Waals surface area contributed by atoms with Gasteiger partial charge in [0, 0.05) is 17.6 Å². The maximum Gasteiger partial charge on any atom is 0.198 e. The van der Waals surface area contributed by atoms with Crippen LogP contribution in [0.2, 0.25) is 0 Å². The highest BCUT2D eigenvalue weighted by Gasteiger charge is 2.29. The molecule has 0 spiro atoms. The van der Waals surface area contributed by atoms with Gasteiger partial charge in [-0.2, -0.15) is 0 Å². The van der Waals surface area contributed by atoms with Crippen LogP contribution < -0.4 is 5.32 Å². The van der Waals surface area contributed by atoms with E-state index in [0.29, 0.717) is 12.0 Å². The van der Waals surface area contributed by atoms with Crippen LogP contribution in [0.5, 0.6) is 0 Å². The van der Waals surface area contributed by atoms with Crippen LogP contribution in [-0.2, 0) is 0 Å². The van der Waals surface area contributed by atoms with Crippen molar-refractivity contribution in [1.29, 1.82) is 0 Å². The Labute approximate surface area is 114 Å². The summed E-state index contributed by atoms with van der Waals surface area (Å²) in [5.41, 5.74) is 3.00. The monoisotopic (exact) mass is 258 g/mol. The van der Waals surface area contributed by atoms with E-state index in [2.05, 4.69) is 43.2 Å². The highest BCUT2D eigenvalue weighted by Crippen LogP contribution is 2.36. The van der Waals surface area contributed by atoms with Crippen molar-refractivity contribution < 1.29 is 4.42 Å². The topological polar surface area (TPSA) is 38.1 Å². The summed E-state index contributed by atoms with van der Waals surface area (Å²) >= 11 is 0. The summed E-state index contributed by atoms with van der Waals surface area (Å²) in [6, 6.07) is 6.84. The lowest BCUT2D eigenvalue weighted by atomic mass is 10.1. The third-order valence-corrected chi connectivity index (χ3v) is 3.88. The lowest BCUT2D eigenvalue weighted by Gasteiger charge is -2.17. The first-order chi connectivity index (χ1) is 9.17. The zero-order valence-electron chi connectivity index (χ0n) is 11.9. The Bertz CT molecular complexity index is 569. The SMILES string of the molecule is CCC(Nc1ccc2oc(C(C)C)nc2c1)C1CC1. The van der Waals surface area contributed by atoms with E-state index in [4.69, 9.17) is 4.42 Å². The molecule has 1 N–H and O–H groups in total. The minimum absolute atomic E-state index is 0.332. The first-order valence-electron chi connectivity index (χ1n) is 7.34. The predicted octanol–water partition coefficient (Wildman–Crippen LogP) is 4.55. The van der Waals surface area contributed by atoms with Gasteiger partial charge in [0.25, 0.3) is 0 Å². The summed E-state index contributed by atoms with van der Waals surface area (Å²) in [7, 11) is 0. The molecule has 1 unspecified atom stereocenters. The summed E-state index contributed by atoms with van der Waals surface area (Å²) in [6.45, 7) is 6.45. The summed E-state index contributed by atoms with van der Waals surface area (Å²) in [6.07, 6.45) is 3.92. The molecule has 0 saturated heterocycles. The number of hydrogen-bond acceptors (Lipinski definition) is 3. The number of hydrogen-bond donors (Lipinski definition) is 1. The number of nitrogens with one attached hydrogen (secondary N) is 1. The van der Waals surface area contributed by atoms with Crippen molar-refractivity contribution in [2.75, 3.05) is 5.32 Å². The third-order valence-electron chi connectivity index (χ3n) is 3.88. The van der Waals surface area contributed by atoms with E-state index in [1.165, 1.54) is 19.3 Å². The Morgan fingerprint density at radius 3 is 2.79 bits per heavy atom. The van der Waals surface area contributed by atoms with E-state index < -0.39 is 0 Å². The largest absolute Gasteiger partial charge is 0.440 e. The summed E-state index contributed by atoms with van der Waals surface area (Å²) in [5, 5.41) is 3.64. The first-order valence-corrected chi connectivity index (χ1v) is 7.34. The molecule has 1 aromatic heterocycles. The molecule has 1 saturated carbocycles. The van der Waals surface area contributed by atoms with Crippen LogP contribution in [0.3, 0.4) is 0 Å². The summed E-state index contributed by atoms with van der Waals surface area (Å²) < 4.78 is 5.74. The van der Waals surface area contributed by atoms with Gasteiger partial charge in [-0.05, 0) is 43.4 Å². The molecule has 102 valence electrons. The van der Waals surface area contributed by atoms with E-state index >= 15 is 0 Å². The van der Waals surface area contributed by atoms with Crippen LogP contribution in [0.15, 0.2) is 22.6 Å². The molecule has 1 heterocycles. The summed E-state index contributed by atoms with van der Waals surface area (Å²) in [5.74, 6) is 2.02.